The van der Waals surface area contributed by atoms with Crippen molar-refractivity contribution >= 4 is 6.08 Å². The van der Waals surface area contributed by atoms with E-state index in [1.165, 1.54) is 12.1 Å². The first-order valence-corrected chi connectivity index (χ1v) is 4.84. The van der Waals surface area contributed by atoms with Gasteiger partial charge >= 0.3 is 6.36 Å². The minimum atomic E-state index is -4.82. The molecule has 0 radical (unpaired) electrons. The van der Waals surface area contributed by atoms with Crippen molar-refractivity contribution in [2.75, 3.05) is 6.54 Å². The van der Waals surface area contributed by atoms with Crippen LogP contribution in [0.5, 0.6) is 5.75 Å². The lowest BCUT2D eigenvalue weighted by Gasteiger charge is -2.09. The third-order valence-electron chi connectivity index (χ3n) is 1.84. The molecule has 0 spiro atoms. The Balaban J connectivity index is 2.79. The summed E-state index contributed by atoms with van der Waals surface area (Å²) in [5.74, 6) is -1.36. The van der Waals surface area contributed by atoms with Gasteiger partial charge in [-0.25, -0.2) is 4.39 Å². The normalized spacial score (nSPS) is 12.1. The molecule has 0 aromatic heterocycles. The highest BCUT2D eigenvalue weighted by Crippen LogP contribution is 2.24. The van der Waals surface area contributed by atoms with Crippen LogP contribution in [0, 0.1) is 5.82 Å². The van der Waals surface area contributed by atoms with Gasteiger partial charge in [-0.05, 0) is 25.1 Å². The molecule has 2 nitrogen and oxygen atoms in total. The summed E-state index contributed by atoms with van der Waals surface area (Å²) in [5, 5.41) is 0. The zero-order valence-electron chi connectivity index (χ0n) is 8.80. The predicted octanol–water partition coefficient (Wildman–Crippen LogP) is 3.09. The summed E-state index contributed by atoms with van der Waals surface area (Å²) in [6, 6.07) is 2.96. The van der Waals surface area contributed by atoms with Crippen molar-refractivity contribution < 1.29 is 22.3 Å². The Hall–Kier alpha value is -1.56. The van der Waals surface area contributed by atoms with Gasteiger partial charge in [0.1, 0.15) is 11.6 Å². The number of hydrogen-bond donors (Lipinski definition) is 1. The number of halogens is 4. The molecule has 0 amide bonds. The van der Waals surface area contributed by atoms with Crippen molar-refractivity contribution in [2.45, 2.75) is 12.8 Å². The van der Waals surface area contributed by atoms with Crippen molar-refractivity contribution in [2.24, 2.45) is 5.73 Å². The molecule has 0 heterocycles. The molecule has 0 saturated carbocycles. The monoisotopic (exact) mass is 249 g/mol. The molecule has 0 unspecified atom stereocenters. The number of ether oxygens (including phenoxy) is 1. The fraction of sp³-hybridized carbons (Fsp3) is 0.273. The van der Waals surface area contributed by atoms with Crippen LogP contribution in [-0.2, 0) is 0 Å². The zero-order valence-corrected chi connectivity index (χ0v) is 8.80. The van der Waals surface area contributed by atoms with Crippen LogP contribution in [-0.4, -0.2) is 12.9 Å². The lowest BCUT2D eigenvalue weighted by molar-refractivity contribution is -0.274. The summed E-state index contributed by atoms with van der Waals surface area (Å²) in [6.45, 7) is 0.424. The van der Waals surface area contributed by atoms with Crippen LogP contribution in [0.4, 0.5) is 17.6 Å². The Bertz CT molecular complexity index is 401. The first-order valence-electron chi connectivity index (χ1n) is 4.84. The minimum absolute atomic E-state index is 0.188. The van der Waals surface area contributed by atoms with E-state index in [2.05, 4.69) is 4.74 Å². The van der Waals surface area contributed by atoms with Gasteiger partial charge in [0.05, 0.1) is 0 Å². The zero-order chi connectivity index (χ0) is 12.9. The van der Waals surface area contributed by atoms with Gasteiger partial charge in [0.2, 0.25) is 0 Å². The molecule has 1 aromatic rings. The minimum Gasteiger partial charge on any atom is -0.406 e. The molecule has 6 heteroatoms. The van der Waals surface area contributed by atoms with E-state index in [0.29, 0.717) is 19.0 Å². The summed E-state index contributed by atoms with van der Waals surface area (Å²) in [4.78, 5) is 0. The number of benzene rings is 1. The summed E-state index contributed by atoms with van der Waals surface area (Å²) >= 11 is 0. The second-order valence-corrected chi connectivity index (χ2v) is 3.21. The Morgan fingerprint density at radius 3 is 2.53 bits per heavy atom. The van der Waals surface area contributed by atoms with Gasteiger partial charge in [0, 0.05) is 11.6 Å². The van der Waals surface area contributed by atoms with E-state index >= 15 is 0 Å². The second-order valence-electron chi connectivity index (χ2n) is 3.21. The molecule has 1 rings (SSSR count). The molecule has 2 N–H and O–H groups in total. The van der Waals surface area contributed by atoms with Crippen LogP contribution in [0.3, 0.4) is 0 Å². The Kier molecular flexibility index (Phi) is 4.51. The Morgan fingerprint density at radius 1 is 1.29 bits per heavy atom. The van der Waals surface area contributed by atoms with Gasteiger partial charge in [-0.2, -0.15) is 0 Å². The van der Waals surface area contributed by atoms with Crippen LogP contribution in [0.25, 0.3) is 6.08 Å². The van der Waals surface area contributed by atoms with Crippen molar-refractivity contribution in [3.8, 4) is 5.75 Å². The maximum Gasteiger partial charge on any atom is 0.573 e. The Morgan fingerprint density at radius 2 is 2.00 bits per heavy atom. The van der Waals surface area contributed by atoms with Crippen LogP contribution in [0.2, 0.25) is 0 Å². The van der Waals surface area contributed by atoms with E-state index in [4.69, 9.17) is 5.73 Å². The van der Waals surface area contributed by atoms with Crippen molar-refractivity contribution in [3.63, 3.8) is 0 Å². The standard InChI is InChI=1S/C11H11F4NO/c12-10-7-9(17-11(13,14)15)5-4-8(10)3-1-2-6-16/h1,3-5,7H,2,6,16H2. The largest absolute Gasteiger partial charge is 0.573 e. The highest BCUT2D eigenvalue weighted by molar-refractivity contribution is 5.51. The van der Waals surface area contributed by atoms with Crippen LogP contribution in [0.15, 0.2) is 24.3 Å². The highest BCUT2D eigenvalue weighted by atomic mass is 19.4. The number of hydrogen-bond acceptors (Lipinski definition) is 2. The SMILES string of the molecule is NCCC=Cc1ccc(OC(F)(F)F)cc1F. The first kappa shape index (κ1) is 13.5. The van der Waals surface area contributed by atoms with Crippen LogP contribution >= 0.6 is 0 Å². The molecule has 1 aromatic carbocycles. The van der Waals surface area contributed by atoms with Gasteiger partial charge in [-0.1, -0.05) is 12.2 Å². The molecule has 0 atom stereocenters. The molecule has 0 bridgehead atoms. The second kappa shape index (κ2) is 5.67. The predicted molar refractivity (Wildman–Crippen MR) is 55.8 cm³/mol. The lowest BCUT2D eigenvalue weighted by Crippen LogP contribution is -2.17. The smallest absolute Gasteiger partial charge is 0.406 e. The summed E-state index contributed by atoms with van der Waals surface area (Å²) in [6.07, 6.45) is -1.15. The maximum atomic E-state index is 13.3. The molecule has 0 fully saturated rings. The maximum absolute atomic E-state index is 13.3. The van der Waals surface area contributed by atoms with Crippen LogP contribution < -0.4 is 10.5 Å². The fourth-order valence-corrected chi connectivity index (χ4v) is 1.15. The summed E-state index contributed by atoms with van der Waals surface area (Å²) in [5.41, 5.74) is 5.42. The lowest BCUT2D eigenvalue weighted by atomic mass is 10.2. The average molecular weight is 249 g/mol. The van der Waals surface area contributed by atoms with Gasteiger partial charge in [0.25, 0.3) is 0 Å². The van der Waals surface area contributed by atoms with Crippen molar-refractivity contribution in [1.29, 1.82) is 0 Å². The fourth-order valence-electron chi connectivity index (χ4n) is 1.15. The van der Waals surface area contributed by atoms with Gasteiger partial charge < -0.3 is 10.5 Å². The van der Waals surface area contributed by atoms with E-state index in [-0.39, 0.29) is 5.56 Å². The van der Waals surface area contributed by atoms with Crippen molar-refractivity contribution in [1.82, 2.24) is 0 Å². The highest BCUT2D eigenvalue weighted by Gasteiger charge is 2.31. The van der Waals surface area contributed by atoms with Gasteiger partial charge in [0.15, 0.2) is 0 Å². The molecule has 0 saturated heterocycles. The molecule has 17 heavy (non-hydrogen) atoms. The molecule has 0 aliphatic heterocycles. The number of alkyl halides is 3. The first-order chi connectivity index (χ1) is 7.92. The third-order valence-corrected chi connectivity index (χ3v) is 1.84. The molecular formula is C11H11F4NO. The van der Waals surface area contributed by atoms with Gasteiger partial charge in [-0.3, -0.25) is 0 Å². The van der Waals surface area contributed by atoms with E-state index in [1.54, 1.807) is 6.08 Å². The Labute approximate surface area is 95.7 Å². The molecule has 94 valence electrons. The topological polar surface area (TPSA) is 35.2 Å². The molecule has 0 aliphatic carbocycles. The average Bonchev–Trinajstić information content (AvgIpc) is 2.19. The van der Waals surface area contributed by atoms with E-state index in [9.17, 15) is 17.6 Å². The van der Waals surface area contributed by atoms with Gasteiger partial charge in [-0.15, -0.1) is 13.2 Å². The summed E-state index contributed by atoms with van der Waals surface area (Å²) in [7, 11) is 0. The van der Waals surface area contributed by atoms with Crippen LogP contribution in [0.1, 0.15) is 12.0 Å². The van der Waals surface area contributed by atoms with E-state index < -0.39 is 17.9 Å². The van der Waals surface area contributed by atoms with Crippen molar-refractivity contribution in [3.05, 3.63) is 35.7 Å². The molecule has 0 aliphatic rings. The van der Waals surface area contributed by atoms with E-state index in [1.807, 2.05) is 0 Å². The van der Waals surface area contributed by atoms with E-state index in [0.717, 1.165) is 6.07 Å². The molecular weight excluding hydrogens is 238 g/mol. The number of rotatable bonds is 4. The summed E-state index contributed by atoms with van der Waals surface area (Å²) < 4.78 is 52.5. The quantitative estimate of drug-likeness (QED) is 0.832. The third kappa shape index (κ3) is 4.86. The number of nitrogens with two attached hydrogens (primary N) is 1.